The van der Waals surface area contributed by atoms with Gasteiger partial charge in [0.05, 0.1) is 15.1 Å². The van der Waals surface area contributed by atoms with Crippen LogP contribution in [0, 0.1) is 0 Å². The first-order valence-electron chi connectivity index (χ1n) is 4.02. The molecule has 0 amide bonds. The monoisotopic (exact) mass is 287 g/mol. The Balaban J connectivity index is 3.33. The number of sulfonamides is 1. The summed E-state index contributed by atoms with van der Waals surface area (Å²) in [5.74, 6) is 0. The molecule has 0 saturated carbocycles. The second-order valence-electron chi connectivity index (χ2n) is 2.70. The Morgan fingerprint density at radius 3 is 2.20 bits per heavy atom. The van der Waals surface area contributed by atoms with E-state index in [1.165, 1.54) is 12.1 Å². The molecule has 1 rings (SSSR count). The van der Waals surface area contributed by atoms with Gasteiger partial charge in [0.2, 0.25) is 10.0 Å². The lowest BCUT2D eigenvalue weighted by Gasteiger charge is -2.07. The minimum atomic E-state index is -3.61. The highest BCUT2D eigenvalue weighted by atomic mass is 35.5. The summed E-state index contributed by atoms with van der Waals surface area (Å²) in [7, 11) is -3.61. The van der Waals surface area contributed by atoms with E-state index in [2.05, 4.69) is 4.72 Å². The third kappa shape index (κ3) is 2.98. The van der Waals surface area contributed by atoms with Crippen molar-refractivity contribution in [3.05, 3.63) is 27.2 Å². The van der Waals surface area contributed by atoms with Crippen molar-refractivity contribution in [2.45, 2.75) is 11.8 Å². The summed E-state index contributed by atoms with van der Waals surface area (Å²) in [6, 6.07) is 2.53. The number of nitrogens with one attached hydrogen (secondary N) is 1. The van der Waals surface area contributed by atoms with Crippen LogP contribution >= 0.6 is 34.8 Å². The van der Waals surface area contributed by atoms with Crippen LogP contribution in [0.5, 0.6) is 0 Å². The largest absolute Gasteiger partial charge is 0.242 e. The molecule has 0 bridgehead atoms. The molecule has 0 spiro atoms. The van der Waals surface area contributed by atoms with Gasteiger partial charge in [-0.3, -0.25) is 0 Å². The maximum Gasteiger partial charge on any atom is 0.242 e. The van der Waals surface area contributed by atoms with Crippen molar-refractivity contribution in [3.63, 3.8) is 0 Å². The van der Waals surface area contributed by atoms with Gasteiger partial charge in [0.1, 0.15) is 4.90 Å². The minimum absolute atomic E-state index is 0.0466. The summed E-state index contributed by atoms with van der Waals surface area (Å²) in [5.41, 5.74) is 0. The molecule has 7 heteroatoms. The van der Waals surface area contributed by atoms with Gasteiger partial charge in [0.15, 0.2) is 0 Å². The number of halogens is 3. The van der Waals surface area contributed by atoms with Crippen molar-refractivity contribution < 1.29 is 8.42 Å². The smallest absolute Gasteiger partial charge is 0.211 e. The fraction of sp³-hybridized carbons (Fsp3) is 0.250. The summed E-state index contributed by atoms with van der Waals surface area (Å²) < 4.78 is 25.6. The Bertz CT molecular complexity index is 473. The summed E-state index contributed by atoms with van der Waals surface area (Å²) in [6.07, 6.45) is 0. The van der Waals surface area contributed by atoms with Crippen LogP contribution in [0.1, 0.15) is 6.92 Å². The number of rotatable bonds is 3. The zero-order chi connectivity index (χ0) is 11.6. The zero-order valence-corrected chi connectivity index (χ0v) is 10.8. The molecule has 1 aromatic carbocycles. The van der Waals surface area contributed by atoms with Gasteiger partial charge in [0.25, 0.3) is 0 Å². The lowest BCUT2D eigenvalue weighted by molar-refractivity contribution is 0.584. The second-order valence-corrected chi connectivity index (χ2v) is 5.66. The highest BCUT2D eigenvalue weighted by molar-refractivity contribution is 7.89. The van der Waals surface area contributed by atoms with Gasteiger partial charge in [-0.1, -0.05) is 41.7 Å². The predicted molar refractivity (Wildman–Crippen MR) is 62.3 cm³/mol. The highest BCUT2D eigenvalue weighted by Gasteiger charge is 2.18. The molecule has 1 N–H and O–H groups in total. The molecular formula is C8H8Cl3NO2S. The van der Waals surface area contributed by atoms with E-state index >= 15 is 0 Å². The Kier molecular flexibility index (Phi) is 4.26. The molecule has 0 aliphatic heterocycles. The van der Waals surface area contributed by atoms with Crippen molar-refractivity contribution in [2.75, 3.05) is 6.54 Å². The average Bonchev–Trinajstić information content (AvgIpc) is 2.11. The third-order valence-electron chi connectivity index (χ3n) is 1.60. The molecule has 0 unspecified atom stereocenters. The maximum absolute atomic E-state index is 11.6. The van der Waals surface area contributed by atoms with Crippen molar-refractivity contribution in [1.29, 1.82) is 0 Å². The molecule has 0 aliphatic carbocycles. The fourth-order valence-electron chi connectivity index (χ4n) is 0.978. The second kappa shape index (κ2) is 4.89. The molecule has 84 valence electrons. The molecule has 0 saturated heterocycles. The van der Waals surface area contributed by atoms with E-state index in [0.717, 1.165) is 0 Å². The molecule has 0 fully saturated rings. The standard InChI is InChI=1S/C8H8Cl3NO2S/c1-2-12-15(13,14)8-4-6(10)5(9)3-7(8)11/h3-4,12H,2H2,1H3. The summed E-state index contributed by atoms with van der Waals surface area (Å²) in [6.45, 7) is 1.95. The van der Waals surface area contributed by atoms with E-state index in [-0.39, 0.29) is 26.5 Å². The molecular weight excluding hydrogens is 281 g/mol. The van der Waals surface area contributed by atoms with Gasteiger partial charge in [-0.25, -0.2) is 13.1 Å². The van der Waals surface area contributed by atoms with Crippen molar-refractivity contribution >= 4 is 44.8 Å². The SMILES string of the molecule is CCNS(=O)(=O)c1cc(Cl)c(Cl)cc1Cl. The Morgan fingerprint density at radius 1 is 1.13 bits per heavy atom. The lowest BCUT2D eigenvalue weighted by Crippen LogP contribution is -2.23. The Morgan fingerprint density at radius 2 is 1.67 bits per heavy atom. The topological polar surface area (TPSA) is 46.2 Å². The molecule has 3 nitrogen and oxygen atoms in total. The molecule has 0 aromatic heterocycles. The summed E-state index contributed by atoms with van der Waals surface area (Å²) >= 11 is 17.2. The van der Waals surface area contributed by atoms with E-state index in [1.807, 2.05) is 0 Å². The predicted octanol–water partition coefficient (Wildman–Crippen LogP) is 2.95. The molecule has 0 atom stereocenters. The van der Waals surface area contributed by atoms with Crippen LogP contribution in [-0.2, 0) is 10.0 Å². The third-order valence-corrected chi connectivity index (χ3v) is 4.33. The first kappa shape index (κ1) is 13.1. The van der Waals surface area contributed by atoms with Crippen LogP contribution in [-0.4, -0.2) is 15.0 Å². The van der Waals surface area contributed by atoms with E-state index in [4.69, 9.17) is 34.8 Å². The first-order valence-corrected chi connectivity index (χ1v) is 6.64. The molecule has 1 aromatic rings. The fourth-order valence-corrected chi connectivity index (χ4v) is 3.02. The van der Waals surface area contributed by atoms with Gasteiger partial charge < -0.3 is 0 Å². The van der Waals surface area contributed by atoms with Crippen molar-refractivity contribution in [2.24, 2.45) is 0 Å². The molecule has 15 heavy (non-hydrogen) atoms. The lowest BCUT2D eigenvalue weighted by atomic mass is 10.4. The van der Waals surface area contributed by atoms with E-state index in [9.17, 15) is 8.42 Å². The van der Waals surface area contributed by atoms with Crippen LogP contribution in [0.25, 0.3) is 0 Å². The van der Waals surface area contributed by atoms with E-state index in [1.54, 1.807) is 6.92 Å². The molecule has 0 aliphatic rings. The number of hydrogen-bond acceptors (Lipinski definition) is 2. The van der Waals surface area contributed by atoms with Crippen molar-refractivity contribution in [1.82, 2.24) is 4.72 Å². The van der Waals surface area contributed by atoms with Crippen molar-refractivity contribution in [3.8, 4) is 0 Å². The van der Waals surface area contributed by atoms with Crippen LogP contribution in [0.3, 0.4) is 0 Å². The number of benzene rings is 1. The summed E-state index contributed by atoms with van der Waals surface area (Å²) in [5, 5.41) is 0.417. The van der Waals surface area contributed by atoms with E-state index in [0.29, 0.717) is 0 Å². The molecule has 0 heterocycles. The van der Waals surface area contributed by atoms with Gasteiger partial charge in [-0.15, -0.1) is 0 Å². The first-order chi connectivity index (χ1) is 6.88. The Hall–Kier alpha value is -0.000000000000000111. The van der Waals surface area contributed by atoms with Crippen LogP contribution < -0.4 is 4.72 Å². The maximum atomic E-state index is 11.6. The van der Waals surface area contributed by atoms with Crippen LogP contribution in [0.2, 0.25) is 15.1 Å². The Labute approximate surface area is 103 Å². The highest BCUT2D eigenvalue weighted by Crippen LogP contribution is 2.31. The average molecular weight is 289 g/mol. The normalized spacial score (nSPS) is 11.7. The van der Waals surface area contributed by atoms with Crippen LogP contribution in [0.4, 0.5) is 0 Å². The summed E-state index contributed by atoms with van der Waals surface area (Å²) in [4.78, 5) is -0.0691. The quantitative estimate of drug-likeness (QED) is 0.869. The zero-order valence-electron chi connectivity index (χ0n) is 7.72. The number of hydrogen-bond donors (Lipinski definition) is 1. The van der Waals surface area contributed by atoms with Crippen LogP contribution in [0.15, 0.2) is 17.0 Å². The van der Waals surface area contributed by atoms with Gasteiger partial charge in [-0.2, -0.15) is 0 Å². The van der Waals surface area contributed by atoms with Gasteiger partial charge >= 0.3 is 0 Å². The minimum Gasteiger partial charge on any atom is -0.211 e. The van der Waals surface area contributed by atoms with E-state index < -0.39 is 10.0 Å². The van der Waals surface area contributed by atoms with Gasteiger partial charge in [0, 0.05) is 6.54 Å². The molecule has 0 radical (unpaired) electrons. The van der Waals surface area contributed by atoms with Gasteiger partial charge in [-0.05, 0) is 12.1 Å².